The lowest BCUT2D eigenvalue weighted by atomic mass is 10.2. The van der Waals surface area contributed by atoms with Crippen LogP contribution in [0.1, 0.15) is 25.1 Å². The molecule has 0 aliphatic rings. The van der Waals surface area contributed by atoms with Crippen molar-refractivity contribution in [2.24, 2.45) is 0 Å². The average Bonchev–Trinajstić information content (AvgIpc) is 2.95. The number of aryl methyl sites for hydroxylation is 2. The van der Waals surface area contributed by atoms with Crippen molar-refractivity contribution in [2.75, 3.05) is 0 Å². The molecule has 4 heteroatoms. The summed E-state index contributed by atoms with van der Waals surface area (Å²) in [5.41, 5.74) is 2.52. The molecule has 0 saturated carbocycles. The highest BCUT2D eigenvalue weighted by molar-refractivity contribution is 7.07. The van der Waals surface area contributed by atoms with Gasteiger partial charge in [0.2, 0.25) is 0 Å². The molecular weight excluding hydrogens is 230 g/mol. The molecule has 2 aromatic heterocycles. The molecule has 17 heavy (non-hydrogen) atoms. The van der Waals surface area contributed by atoms with E-state index in [2.05, 4.69) is 51.7 Å². The number of aromatic nitrogens is 2. The van der Waals surface area contributed by atoms with Crippen molar-refractivity contribution in [3.63, 3.8) is 0 Å². The Bertz CT molecular complexity index is 431. The molecular formula is C13H19N3S. The number of hydrogen-bond acceptors (Lipinski definition) is 3. The van der Waals surface area contributed by atoms with Gasteiger partial charge in [-0.1, -0.05) is 13.8 Å². The smallest absolute Gasteiger partial charge is 0.0950 e. The highest BCUT2D eigenvalue weighted by Gasteiger charge is 2.00. The first-order valence-corrected chi connectivity index (χ1v) is 6.93. The van der Waals surface area contributed by atoms with Gasteiger partial charge in [0.25, 0.3) is 0 Å². The molecule has 92 valence electrons. The minimum Gasteiger partial charge on any atom is -0.337 e. The normalized spacial score (nSPS) is 11.2. The predicted octanol–water partition coefficient (Wildman–Crippen LogP) is 2.69. The maximum atomic E-state index is 4.39. The van der Waals surface area contributed by atoms with Gasteiger partial charge in [0.1, 0.15) is 0 Å². The number of nitrogens with zero attached hydrogens (tertiary/aromatic N) is 2. The van der Waals surface area contributed by atoms with E-state index in [0.717, 1.165) is 25.2 Å². The summed E-state index contributed by atoms with van der Waals surface area (Å²) in [6.45, 7) is 6.15. The second-order valence-electron chi connectivity index (χ2n) is 4.52. The molecule has 0 radical (unpaired) electrons. The fraction of sp³-hybridized carbons (Fsp3) is 0.462. The fourth-order valence-corrected chi connectivity index (χ4v) is 2.32. The highest BCUT2D eigenvalue weighted by Crippen LogP contribution is 2.08. The Kier molecular flexibility index (Phi) is 4.34. The van der Waals surface area contributed by atoms with E-state index in [1.807, 2.05) is 6.33 Å². The third-order valence-electron chi connectivity index (χ3n) is 2.62. The van der Waals surface area contributed by atoms with Gasteiger partial charge in [0.15, 0.2) is 0 Å². The van der Waals surface area contributed by atoms with Gasteiger partial charge in [-0.3, -0.25) is 0 Å². The summed E-state index contributed by atoms with van der Waals surface area (Å²) in [6, 6.07) is 2.69. The number of nitrogens with one attached hydrogen (secondary N) is 1. The summed E-state index contributed by atoms with van der Waals surface area (Å²) in [5, 5.41) is 7.70. The van der Waals surface area contributed by atoms with Crippen LogP contribution in [0, 0.1) is 0 Å². The Hall–Kier alpha value is -1.13. The number of rotatable bonds is 6. The summed E-state index contributed by atoms with van der Waals surface area (Å²) in [6.07, 6.45) is 5.13. The molecule has 0 bridgehead atoms. The van der Waals surface area contributed by atoms with E-state index in [0.29, 0.717) is 6.04 Å². The molecule has 0 aliphatic carbocycles. The molecule has 0 fully saturated rings. The number of imidazole rings is 1. The van der Waals surface area contributed by atoms with Crippen LogP contribution < -0.4 is 5.32 Å². The van der Waals surface area contributed by atoms with Crippen molar-refractivity contribution in [1.82, 2.24) is 14.9 Å². The molecule has 3 nitrogen and oxygen atoms in total. The molecule has 0 atom stereocenters. The Balaban J connectivity index is 1.81. The van der Waals surface area contributed by atoms with Crippen LogP contribution >= 0.6 is 11.3 Å². The van der Waals surface area contributed by atoms with E-state index in [4.69, 9.17) is 0 Å². The minimum atomic E-state index is 0.506. The molecule has 2 aromatic rings. The zero-order valence-electron chi connectivity index (χ0n) is 10.4. The van der Waals surface area contributed by atoms with Crippen LogP contribution in [0.4, 0.5) is 0 Å². The van der Waals surface area contributed by atoms with Crippen LogP contribution in [0.25, 0.3) is 0 Å². The van der Waals surface area contributed by atoms with Crippen LogP contribution in [0.15, 0.2) is 29.4 Å². The standard InChI is InChI=1S/C13H19N3S/c1-11(2)14-7-13-8-16(10-15-13)5-3-12-4-6-17-9-12/h4,6,8-11,14H,3,5,7H2,1-2H3. The van der Waals surface area contributed by atoms with Gasteiger partial charge < -0.3 is 9.88 Å². The van der Waals surface area contributed by atoms with E-state index in [-0.39, 0.29) is 0 Å². The summed E-state index contributed by atoms with van der Waals surface area (Å²) >= 11 is 1.76. The van der Waals surface area contributed by atoms with E-state index in [1.54, 1.807) is 11.3 Å². The van der Waals surface area contributed by atoms with Crippen LogP contribution in [-0.4, -0.2) is 15.6 Å². The van der Waals surface area contributed by atoms with Gasteiger partial charge in [-0.25, -0.2) is 4.98 Å². The molecule has 2 rings (SSSR count). The highest BCUT2D eigenvalue weighted by atomic mass is 32.1. The summed E-state index contributed by atoms with van der Waals surface area (Å²) < 4.78 is 2.16. The first kappa shape index (κ1) is 12.3. The average molecular weight is 249 g/mol. The van der Waals surface area contributed by atoms with E-state index < -0.39 is 0 Å². The monoisotopic (exact) mass is 249 g/mol. The second kappa shape index (κ2) is 5.98. The van der Waals surface area contributed by atoms with Crippen molar-refractivity contribution in [2.45, 2.75) is 39.4 Å². The lowest BCUT2D eigenvalue weighted by Crippen LogP contribution is -2.21. The molecule has 2 heterocycles. The van der Waals surface area contributed by atoms with Gasteiger partial charge in [0.05, 0.1) is 12.0 Å². The van der Waals surface area contributed by atoms with Crippen LogP contribution in [-0.2, 0) is 19.5 Å². The lowest BCUT2D eigenvalue weighted by molar-refractivity contribution is 0.582. The maximum absolute atomic E-state index is 4.39. The third kappa shape index (κ3) is 3.98. The van der Waals surface area contributed by atoms with Crippen molar-refractivity contribution in [3.8, 4) is 0 Å². The lowest BCUT2D eigenvalue weighted by Gasteiger charge is -2.04. The molecule has 0 aromatic carbocycles. The van der Waals surface area contributed by atoms with E-state index in [9.17, 15) is 0 Å². The minimum absolute atomic E-state index is 0.506. The maximum Gasteiger partial charge on any atom is 0.0950 e. The van der Waals surface area contributed by atoms with Crippen LogP contribution in [0.3, 0.4) is 0 Å². The largest absolute Gasteiger partial charge is 0.337 e. The Morgan fingerprint density at radius 3 is 3.06 bits per heavy atom. The first-order valence-electron chi connectivity index (χ1n) is 5.99. The van der Waals surface area contributed by atoms with Crippen molar-refractivity contribution in [3.05, 3.63) is 40.6 Å². The zero-order valence-corrected chi connectivity index (χ0v) is 11.2. The second-order valence-corrected chi connectivity index (χ2v) is 5.30. The molecule has 0 unspecified atom stereocenters. The summed E-state index contributed by atoms with van der Waals surface area (Å²) in [7, 11) is 0. The summed E-state index contributed by atoms with van der Waals surface area (Å²) in [5.74, 6) is 0. The van der Waals surface area contributed by atoms with Crippen LogP contribution in [0.5, 0.6) is 0 Å². The molecule has 0 amide bonds. The molecule has 0 aliphatic heterocycles. The topological polar surface area (TPSA) is 29.9 Å². The first-order chi connectivity index (χ1) is 8.24. The SMILES string of the molecule is CC(C)NCc1cn(CCc2ccsc2)cn1. The van der Waals surface area contributed by atoms with Gasteiger partial charge in [-0.2, -0.15) is 11.3 Å². The van der Waals surface area contributed by atoms with Crippen molar-refractivity contribution < 1.29 is 0 Å². The van der Waals surface area contributed by atoms with E-state index in [1.165, 1.54) is 5.56 Å². The van der Waals surface area contributed by atoms with Crippen molar-refractivity contribution >= 4 is 11.3 Å². The Morgan fingerprint density at radius 1 is 1.47 bits per heavy atom. The molecule has 0 saturated heterocycles. The molecule has 0 spiro atoms. The van der Waals surface area contributed by atoms with Gasteiger partial charge in [0, 0.05) is 25.3 Å². The zero-order chi connectivity index (χ0) is 12.1. The van der Waals surface area contributed by atoms with Gasteiger partial charge in [-0.05, 0) is 28.8 Å². The third-order valence-corrected chi connectivity index (χ3v) is 3.35. The van der Waals surface area contributed by atoms with Gasteiger partial charge >= 0.3 is 0 Å². The fourth-order valence-electron chi connectivity index (χ4n) is 1.62. The number of hydrogen-bond donors (Lipinski definition) is 1. The molecule has 1 N–H and O–H groups in total. The van der Waals surface area contributed by atoms with E-state index >= 15 is 0 Å². The van der Waals surface area contributed by atoms with Crippen molar-refractivity contribution in [1.29, 1.82) is 0 Å². The van der Waals surface area contributed by atoms with Crippen LogP contribution in [0.2, 0.25) is 0 Å². The summed E-state index contributed by atoms with van der Waals surface area (Å²) in [4.78, 5) is 4.39. The predicted molar refractivity (Wildman–Crippen MR) is 72.2 cm³/mol. The van der Waals surface area contributed by atoms with Gasteiger partial charge in [-0.15, -0.1) is 0 Å². The number of thiophene rings is 1. The Morgan fingerprint density at radius 2 is 2.35 bits per heavy atom. The quantitative estimate of drug-likeness (QED) is 0.853. The Labute approximate surface area is 107 Å².